The molecule has 32 heavy (non-hydrogen) atoms. The molecule has 0 aliphatic heterocycles. The Kier molecular flexibility index (Phi) is 3.39. The fourth-order valence-corrected chi connectivity index (χ4v) is 5.22. The fourth-order valence-electron chi connectivity index (χ4n) is 5.03. The van der Waals surface area contributed by atoms with Crippen LogP contribution in [0.15, 0.2) is 127 Å². The lowest BCUT2D eigenvalue weighted by Gasteiger charge is -2.34. The SMILES string of the molecule is [2H]c1c([2H])c([2H])c(-c2ccc3c(c2)C(c2ccccc2)(c2cccc(Cl)c2)c2ccccc2-3)c([2H])c1[2H]. The zero-order valence-corrected chi connectivity index (χ0v) is 17.9. The summed E-state index contributed by atoms with van der Waals surface area (Å²) >= 11 is 6.54. The average Bonchev–Trinajstić information content (AvgIpc) is 3.22. The van der Waals surface area contributed by atoms with Crippen molar-refractivity contribution >= 4 is 11.6 Å². The van der Waals surface area contributed by atoms with Crippen molar-refractivity contribution in [3.63, 3.8) is 0 Å². The largest absolute Gasteiger partial charge is 0.0843 e. The normalized spacial score (nSPS) is 18.6. The standard InChI is InChI=1S/C31H21Cl/c32-26-15-9-14-25(21-26)31(24-12-5-2-6-13-24)29-17-8-7-16-27(29)28-19-18-23(20-30(28)31)22-10-3-1-4-11-22/h1-21H/i1D,3D,4D,10D,11D. The Morgan fingerprint density at radius 1 is 0.562 bits per heavy atom. The molecule has 0 spiro atoms. The Balaban J connectivity index is 1.75. The Bertz CT molecular complexity index is 1670. The number of rotatable bonds is 3. The maximum absolute atomic E-state index is 8.56. The van der Waals surface area contributed by atoms with E-state index in [2.05, 4.69) is 30.3 Å². The number of fused-ring (bicyclic) bond motifs is 3. The first kappa shape index (κ1) is 14.5. The Morgan fingerprint density at radius 2 is 1.28 bits per heavy atom. The summed E-state index contributed by atoms with van der Waals surface area (Å²) in [6.07, 6.45) is 0. The molecule has 0 saturated carbocycles. The molecule has 5 aromatic carbocycles. The minimum Gasteiger partial charge on any atom is -0.0843 e. The molecule has 5 aromatic rings. The van der Waals surface area contributed by atoms with E-state index in [1.165, 1.54) is 0 Å². The van der Waals surface area contributed by atoms with Gasteiger partial charge in [0.25, 0.3) is 0 Å². The van der Waals surface area contributed by atoms with Crippen LogP contribution >= 0.6 is 11.6 Å². The Morgan fingerprint density at radius 3 is 2.09 bits per heavy atom. The monoisotopic (exact) mass is 433 g/mol. The molecule has 1 atom stereocenters. The molecule has 0 saturated heterocycles. The highest BCUT2D eigenvalue weighted by molar-refractivity contribution is 6.30. The maximum atomic E-state index is 8.56. The second-order valence-corrected chi connectivity index (χ2v) is 8.37. The van der Waals surface area contributed by atoms with Crippen molar-refractivity contribution in [3.8, 4) is 22.3 Å². The van der Waals surface area contributed by atoms with Gasteiger partial charge in [0.1, 0.15) is 0 Å². The van der Waals surface area contributed by atoms with Crippen LogP contribution in [0.2, 0.25) is 5.02 Å². The van der Waals surface area contributed by atoms with Gasteiger partial charge in [0.2, 0.25) is 0 Å². The molecule has 0 amide bonds. The Hall–Kier alpha value is -3.61. The smallest absolute Gasteiger partial charge is 0.0714 e. The van der Waals surface area contributed by atoms with Crippen LogP contribution in [0.25, 0.3) is 22.3 Å². The summed E-state index contributed by atoms with van der Waals surface area (Å²) in [7, 11) is 0. The van der Waals surface area contributed by atoms with Gasteiger partial charge < -0.3 is 0 Å². The third-order valence-corrected chi connectivity index (χ3v) is 6.53. The van der Waals surface area contributed by atoms with Crippen LogP contribution < -0.4 is 0 Å². The van der Waals surface area contributed by atoms with Crippen LogP contribution in [0, 0.1) is 0 Å². The third kappa shape index (κ3) is 2.77. The molecular weight excluding hydrogens is 408 g/mol. The van der Waals surface area contributed by atoms with Gasteiger partial charge >= 0.3 is 0 Å². The summed E-state index contributed by atoms with van der Waals surface area (Å²) in [5.41, 5.74) is 6.33. The molecule has 0 radical (unpaired) electrons. The minimum absolute atomic E-state index is 0.192. The second-order valence-electron chi connectivity index (χ2n) is 7.93. The molecule has 0 bridgehead atoms. The van der Waals surface area contributed by atoms with Gasteiger partial charge in [-0.2, -0.15) is 0 Å². The second kappa shape index (κ2) is 7.51. The van der Waals surface area contributed by atoms with Gasteiger partial charge in [-0.3, -0.25) is 0 Å². The molecule has 0 fully saturated rings. The van der Waals surface area contributed by atoms with Gasteiger partial charge in [0, 0.05) is 5.02 Å². The molecule has 6 rings (SSSR count). The number of hydrogen-bond donors (Lipinski definition) is 0. The van der Waals surface area contributed by atoms with Gasteiger partial charge in [-0.05, 0) is 62.7 Å². The molecular formula is C31H21Cl. The fraction of sp³-hybridized carbons (Fsp3) is 0.0323. The van der Waals surface area contributed by atoms with Gasteiger partial charge in [-0.1, -0.05) is 121 Å². The van der Waals surface area contributed by atoms with E-state index in [9.17, 15) is 0 Å². The highest BCUT2D eigenvalue weighted by Gasteiger charge is 2.46. The highest BCUT2D eigenvalue weighted by atomic mass is 35.5. The molecule has 0 nitrogen and oxygen atoms in total. The van der Waals surface area contributed by atoms with Crippen molar-refractivity contribution in [1.82, 2.24) is 0 Å². The van der Waals surface area contributed by atoms with E-state index in [1.807, 2.05) is 66.7 Å². The van der Waals surface area contributed by atoms with Gasteiger partial charge in [-0.15, -0.1) is 0 Å². The zero-order chi connectivity index (χ0) is 25.9. The average molecular weight is 434 g/mol. The molecule has 0 aromatic heterocycles. The van der Waals surface area contributed by atoms with Crippen molar-refractivity contribution in [1.29, 1.82) is 0 Å². The quantitative estimate of drug-likeness (QED) is 0.263. The topological polar surface area (TPSA) is 0 Å². The van der Waals surface area contributed by atoms with Crippen LogP contribution in [-0.4, -0.2) is 0 Å². The van der Waals surface area contributed by atoms with Crippen LogP contribution in [-0.2, 0) is 5.41 Å². The van der Waals surface area contributed by atoms with Gasteiger partial charge in [-0.25, -0.2) is 0 Å². The number of halogens is 1. The molecule has 1 heteroatoms. The summed E-state index contributed by atoms with van der Waals surface area (Å²) in [5, 5.41) is 0.625. The Labute approximate surface area is 200 Å². The summed E-state index contributed by atoms with van der Waals surface area (Å²) in [4.78, 5) is 0. The van der Waals surface area contributed by atoms with Crippen LogP contribution in [0.4, 0.5) is 0 Å². The molecule has 1 aliphatic rings. The van der Waals surface area contributed by atoms with E-state index in [0.29, 0.717) is 10.6 Å². The first-order chi connectivity index (χ1) is 17.9. The molecule has 1 unspecified atom stereocenters. The van der Waals surface area contributed by atoms with Gasteiger partial charge in [0.05, 0.1) is 12.3 Å². The third-order valence-electron chi connectivity index (χ3n) is 6.30. The van der Waals surface area contributed by atoms with Crippen molar-refractivity contribution < 1.29 is 6.85 Å². The zero-order valence-electron chi connectivity index (χ0n) is 22.1. The van der Waals surface area contributed by atoms with Crippen molar-refractivity contribution in [3.05, 3.63) is 155 Å². The van der Waals surface area contributed by atoms with E-state index in [1.54, 1.807) is 0 Å². The number of benzene rings is 5. The highest BCUT2D eigenvalue weighted by Crippen LogP contribution is 2.56. The lowest BCUT2D eigenvalue weighted by molar-refractivity contribution is 0.769. The maximum Gasteiger partial charge on any atom is 0.0714 e. The van der Waals surface area contributed by atoms with Crippen molar-refractivity contribution in [2.45, 2.75) is 5.41 Å². The molecule has 0 heterocycles. The number of hydrogen-bond acceptors (Lipinski definition) is 0. The van der Waals surface area contributed by atoms with E-state index in [-0.39, 0.29) is 29.7 Å². The lowest BCUT2D eigenvalue weighted by Crippen LogP contribution is -2.28. The van der Waals surface area contributed by atoms with Gasteiger partial charge in [0.15, 0.2) is 0 Å². The first-order valence-electron chi connectivity index (χ1n) is 13.0. The molecule has 1 aliphatic carbocycles. The predicted molar refractivity (Wildman–Crippen MR) is 134 cm³/mol. The van der Waals surface area contributed by atoms with Crippen molar-refractivity contribution in [2.24, 2.45) is 0 Å². The molecule has 152 valence electrons. The van der Waals surface area contributed by atoms with Crippen molar-refractivity contribution in [2.75, 3.05) is 0 Å². The van der Waals surface area contributed by atoms with E-state index >= 15 is 0 Å². The van der Waals surface area contributed by atoms with Crippen LogP contribution in [0.1, 0.15) is 29.1 Å². The summed E-state index contributed by atoms with van der Waals surface area (Å²) < 4.78 is 41.5. The van der Waals surface area contributed by atoms with E-state index < -0.39 is 11.5 Å². The van der Waals surface area contributed by atoms with E-state index in [4.69, 9.17) is 18.5 Å². The van der Waals surface area contributed by atoms with E-state index in [0.717, 1.165) is 33.4 Å². The summed E-state index contributed by atoms with van der Waals surface area (Å²) in [5.74, 6) is 0. The molecule has 0 N–H and O–H groups in total. The van der Waals surface area contributed by atoms with Crippen LogP contribution in [0.3, 0.4) is 0 Å². The lowest BCUT2D eigenvalue weighted by atomic mass is 9.67. The first-order valence-corrected chi connectivity index (χ1v) is 10.9. The minimum atomic E-state index is -0.707. The predicted octanol–water partition coefficient (Wildman–Crippen LogP) is 8.37. The van der Waals surface area contributed by atoms with Crippen LogP contribution in [0.5, 0.6) is 0 Å². The summed E-state index contributed by atoms with van der Waals surface area (Å²) in [6.45, 7) is 0. The summed E-state index contributed by atoms with van der Waals surface area (Å²) in [6, 6.07) is 30.7.